The molecular formula is C17H21N3O3. The molecule has 0 spiro atoms. The number of aryl methyl sites for hydroxylation is 2. The maximum absolute atomic E-state index is 12.3. The van der Waals surface area contributed by atoms with Crippen LogP contribution >= 0.6 is 0 Å². The Hall–Kier alpha value is -2.24. The molecule has 1 aliphatic heterocycles. The van der Waals surface area contributed by atoms with Crippen molar-refractivity contribution in [1.82, 2.24) is 10.3 Å². The Labute approximate surface area is 135 Å². The minimum atomic E-state index is -1.05. The van der Waals surface area contributed by atoms with Gasteiger partial charge in [-0.1, -0.05) is 13.8 Å². The number of aliphatic imine (C=N–C) groups is 1. The third-order valence-electron chi connectivity index (χ3n) is 4.92. The molecule has 3 rings (SSSR count). The van der Waals surface area contributed by atoms with Crippen molar-refractivity contribution in [3.05, 3.63) is 28.6 Å². The van der Waals surface area contributed by atoms with Crippen molar-refractivity contribution in [2.75, 3.05) is 0 Å². The summed E-state index contributed by atoms with van der Waals surface area (Å²) < 4.78 is 0. The predicted molar refractivity (Wildman–Crippen MR) is 85.8 cm³/mol. The number of carboxylic acids is 1. The number of rotatable bonds is 3. The van der Waals surface area contributed by atoms with Gasteiger partial charge in [0.1, 0.15) is 11.2 Å². The lowest BCUT2D eigenvalue weighted by Crippen LogP contribution is -2.41. The van der Waals surface area contributed by atoms with E-state index in [0.29, 0.717) is 0 Å². The van der Waals surface area contributed by atoms with Crippen LogP contribution in [-0.4, -0.2) is 33.3 Å². The number of aromatic nitrogens is 1. The van der Waals surface area contributed by atoms with Crippen molar-refractivity contribution in [3.63, 3.8) is 0 Å². The molecule has 122 valence electrons. The largest absolute Gasteiger partial charge is 0.478 e. The fraction of sp³-hybridized carbons (Fsp3) is 0.529. The molecule has 1 aromatic rings. The predicted octanol–water partition coefficient (Wildman–Crippen LogP) is 1.95. The average Bonchev–Trinajstić information content (AvgIpc) is 2.82. The number of amidine groups is 1. The van der Waals surface area contributed by atoms with Crippen molar-refractivity contribution < 1.29 is 14.7 Å². The van der Waals surface area contributed by atoms with Gasteiger partial charge in [-0.3, -0.25) is 4.79 Å². The van der Waals surface area contributed by atoms with Crippen LogP contribution in [0.3, 0.4) is 0 Å². The number of hydrogen-bond acceptors (Lipinski definition) is 4. The molecular weight excluding hydrogens is 294 g/mol. The lowest BCUT2D eigenvalue weighted by Gasteiger charge is -2.21. The van der Waals surface area contributed by atoms with Gasteiger partial charge in [0.2, 0.25) is 0 Å². The van der Waals surface area contributed by atoms with E-state index < -0.39 is 11.5 Å². The first-order valence-electron chi connectivity index (χ1n) is 8.00. The van der Waals surface area contributed by atoms with Crippen LogP contribution in [0.5, 0.6) is 0 Å². The molecule has 0 bridgehead atoms. The standard InChI is InChI=1S/C17H21N3O3/c1-9(2)17(3)16(23)19-14(20-17)13-11(15(21)22)8-10-6-4-5-7-12(10)18-13/h8-9H,4-7H2,1-3H3,(H,21,22)(H,19,20,23). The Balaban J connectivity index is 2.13. The first kappa shape index (κ1) is 15.6. The maximum atomic E-state index is 12.3. The van der Waals surface area contributed by atoms with Gasteiger partial charge >= 0.3 is 5.97 Å². The molecule has 0 saturated carbocycles. The van der Waals surface area contributed by atoms with E-state index in [2.05, 4.69) is 15.3 Å². The third-order valence-corrected chi connectivity index (χ3v) is 4.92. The second-order valence-electron chi connectivity index (χ2n) is 6.72. The van der Waals surface area contributed by atoms with Crippen molar-refractivity contribution in [3.8, 4) is 0 Å². The molecule has 0 saturated heterocycles. The van der Waals surface area contributed by atoms with Crippen LogP contribution in [0.25, 0.3) is 0 Å². The zero-order valence-electron chi connectivity index (χ0n) is 13.6. The molecule has 1 amide bonds. The summed E-state index contributed by atoms with van der Waals surface area (Å²) in [6, 6.07) is 1.69. The summed E-state index contributed by atoms with van der Waals surface area (Å²) in [4.78, 5) is 33.0. The van der Waals surface area contributed by atoms with Crippen LogP contribution < -0.4 is 5.32 Å². The molecule has 6 nitrogen and oxygen atoms in total. The number of carbonyl (C=O) groups excluding carboxylic acids is 1. The quantitative estimate of drug-likeness (QED) is 0.892. The highest BCUT2D eigenvalue weighted by atomic mass is 16.4. The van der Waals surface area contributed by atoms with E-state index >= 15 is 0 Å². The topological polar surface area (TPSA) is 91.7 Å². The van der Waals surface area contributed by atoms with Gasteiger partial charge in [-0.25, -0.2) is 14.8 Å². The average molecular weight is 315 g/mol. The molecule has 2 N–H and O–H groups in total. The molecule has 0 fully saturated rings. The van der Waals surface area contributed by atoms with E-state index in [-0.39, 0.29) is 28.9 Å². The first-order valence-corrected chi connectivity index (χ1v) is 8.00. The van der Waals surface area contributed by atoms with Gasteiger partial charge in [0, 0.05) is 5.69 Å². The SMILES string of the molecule is CC(C)C1(C)N=C(c2nc3c(cc2C(=O)O)CCCC3)NC1=O. The van der Waals surface area contributed by atoms with E-state index in [4.69, 9.17) is 0 Å². The van der Waals surface area contributed by atoms with Crippen molar-refractivity contribution in [2.45, 2.75) is 52.0 Å². The Morgan fingerprint density at radius 1 is 1.35 bits per heavy atom. The highest BCUT2D eigenvalue weighted by molar-refractivity contribution is 6.17. The van der Waals surface area contributed by atoms with Crippen molar-refractivity contribution in [2.24, 2.45) is 10.9 Å². The highest BCUT2D eigenvalue weighted by Gasteiger charge is 2.43. The van der Waals surface area contributed by atoms with Gasteiger partial charge < -0.3 is 10.4 Å². The van der Waals surface area contributed by atoms with Crippen molar-refractivity contribution in [1.29, 1.82) is 0 Å². The second-order valence-corrected chi connectivity index (χ2v) is 6.72. The molecule has 1 unspecified atom stereocenters. The summed E-state index contributed by atoms with van der Waals surface area (Å²) in [7, 11) is 0. The lowest BCUT2D eigenvalue weighted by atomic mass is 9.89. The van der Waals surface area contributed by atoms with Crippen LogP contribution in [0.1, 0.15) is 60.9 Å². The van der Waals surface area contributed by atoms with E-state index in [1.54, 1.807) is 13.0 Å². The Kier molecular flexibility index (Phi) is 3.70. The summed E-state index contributed by atoms with van der Waals surface area (Å²) in [6.07, 6.45) is 3.79. The lowest BCUT2D eigenvalue weighted by molar-refractivity contribution is -0.124. The number of aromatic carboxylic acids is 1. The minimum Gasteiger partial charge on any atom is -0.478 e. The van der Waals surface area contributed by atoms with Crippen LogP contribution in [-0.2, 0) is 17.6 Å². The number of hydrogen-bond donors (Lipinski definition) is 2. The molecule has 2 heterocycles. The summed E-state index contributed by atoms with van der Waals surface area (Å²) in [5.41, 5.74) is 1.41. The van der Waals surface area contributed by atoms with Gasteiger partial charge in [0.05, 0.1) is 5.56 Å². The molecule has 0 aromatic carbocycles. The number of fused-ring (bicyclic) bond motifs is 1. The number of nitrogens with zero attached hydrogens (tertiary/aromatic N) is 2. The molecule has 1 atom stereocenters. The number of carbonyl (C=O) groups is 2. The molecule has 1 aliphatic carbocycles. The van der Waals surface area contributed by atoms with Gasteiger partial charge in [0.15, 0.2) is 5.84 Å². The van der Waals surface area contributed by atoms with Crippen LogP contribution in [0.15, 0.2) is 11.1 Å². The monoisotopic (exact) mass is 315 g/mol. The Morgan fingerprint density at radius 3 is 2.65 bits per heavy atom. The van der Waals surface area contributed by atoms with E-state index in [1.165, 1.54) is 0 Å². The zero-order valence-corrected chi connectivity index (χ0v) is 13.6. The fourth-order valence-electron chi connectivity index (χ4n) is 3.03. The van der Waals surface area contributed by atoms with Crippen molar-refractivity contribution >= 4 is 17.7 Å². The van der Waals surface area contributed by atoms with E-state index in [1.807, 2.05) is 13.8 Å². The van der Waals surface area contributed by atoms with Crippen LogP contribution in [0.4, 0.5) is 0 Å². The number of nitrogens with one attached hydrogen (secondary N) is 1. The van der Waals surface area contributed by atoms with Gasteiger partial charge in [-0.05, 0) is 50.2 Å². The molecule has 0 radical (unpaired) electrons. The number of pyridine rings is 1. The molecule has 23 heavy (non-hydrogen) atoms. The molecule has 2 aliphatic rings. The highest BCUT2D eigenvalue weighted by Crippen LogP contribution is 2.29. The fourth-order valence-corrected chi connectivity index (χ4v) is 3.03. The molecule has 6 heteroatoms. The van der Waals surface area contributed by atoms with Gasteiger partial charge in [-0.2, -0.15) is 0 Å². The van der Waals surface area contributed by atoms with Gasteiger partial charge in [0.25, 0.3) is 5.91 Å². The Morgan fingerprint density at radius 2 is 2.04 bits per heavy atom. The number of carboxylic acid groups (broad SMARTS) is 1. The Bertz CT molecular complexity index is 724. The number of amides is 1. The van der Waals surface area contributed by atoms with Gasteiger partial charge in [-0.15, -0.1) is 0 Å². The summed E-state index contributed by atoms with van der Waals surface area (Å²) >= 11 is 0. The van der Waals surface area contributed by atoms with Crippen LogP contribution in [0, 0.1) is 5.92 Å². The van der Waals surface area contributed by atoms with Crippen LogP contribution in [0.2, 0.25) is 0 Å². The minimum absolute atomic E-state index is 0.00547. The van der Waals surface area contributed by atoms with E-state index in [0.717, 1.165) is 36.9 Å². The summed E-state index contributed by atoms with van der Waals surface area (Å²) in [5, 5.41) is 12.3. The summed E-state index contributed by atoms with van der Waals surface area (Å²) in [5.74, 6) is -0.975. The zero-order chi connectivity index (χ0) is 16.8. The second kappa shape index (κ2) is 5.44. The first-order chi connectivity index (χ1) is 10.8. The maximum Gasteiger partial charge on any atom is 0.338 e. The normalized spacial score (nSPS) is 23.5. The molecule has 1 aromatic heterocycles. The smallest absolute Gasteiger partial charge is 0.338 e. The van der Waals surface area contributed by atoms with E-state index in [9.17, 15) is 14.7 Å². The summed E-state index contributed by atoms with van der Waals surface area (Å²) in [6.45, 7) is 5.60. The third kappa shape index (κ3) is 2.52.